The number of fused-ring (bicyclic) bond motifs is 1. The standard InChI is InChI=1S/C19H29N5O4S/c1-23-3-2-13-14(10-23)29-17(22-13)16(25)19(21)9-12(8-15(19)20)11-28-18(26)24-4-6-27-7-5-24/h12,15H,2-11,20-21H2,1H3. The van der Waals surface area contributed by atoms with Crippen LogP contribution in [0.4, 0.5) is 4.79 Å². The fourth-order valence-corrected chi connectivity index (χ4v) is 5.54. The molecular formula is C19H29N5O4S. The van der Waals surface area contributed by atoms with E-state index >= 15 is 0 Å². The molecule has 3 heterocycles. The molecule has 3 atom stereocenters. The number of morpholine rings is 1. The minimum Gasteiger partial charge on any atom is -0.449 e. The molecule has 4 N–H and O–H groups in total. The molecule has 3 unspecified atom stereocenters. The van der Waals surface area contributed by atoms with Crippen molar-refractivity contribution in [3.05, 3.63) is 15.6 Å². The van der Waals surface area contributed by atoms with Crippen LogP contribution in [0.5, 0.6) is 0 Å². The van der Waals surface area contributed by atoms with Crippen molar-refractivity contribution >= 4 is 23.2 Å². The van der Waals surface area contributed by atoms with Crippen LogP contribution in [-0.4, -0.2) is 84.7 Å². The number of carbonyl (C=O) groups is 2. The molecule has 0 bridgehead atoms. The number of ether oxygens (including phenoxy) is 2. The monoisotopic (exact) mass is 423 g/mol. The van der Waals surface area contributed by atoms with Crippen LogP contribution < -0.4 is 11.5 Å². The SMILES string of the molecule is CN1CCc2nc(C(=O)C3(N)CC(COC(=O)N4CCOCC4)CC3N)sc2C1. The van der Waals surface area contributed by atoms with E-state index in [-0.39, 0.29) is 24.4 Å². The molecule has 2 aliphatic heterocycles. The van der Waals surface area contributed by atoms with Crippen LogP contribution in [0.2, 0.25) is 0 Å². The molecular weight excluding hydrogens is 394 g/mol. The molecule has 1 aromatic heterocycles. The highest BCUT2D eigenvalue weighted by atomic mass is 32.1. The third-order valence-electron chi connectivity index (χ3n) is 6.13. The first-order valence-corrected chi connectivity index (χ1v) is 10.9. The van der Waals surface area contributed by atoms with E-state index < -0.39 is 11.6 Å². The number of rotatable bonds is 4. The highest BCUT2D eigenvalue weighted by molar-refractivity contribution is 7.13. The van der Waals surface area contributed by atoms with E-state index in [4.69, 9.17) is 20.9 Å². The molecule has 2 fully saturated rings. The smallest absolute Gasteiger partial charge is 0.409 e. The summed E-state index contributed by atoms with van der Waals surface area (Å²) in [7, 11) is 2.06. The second-order valence-corrected chi connectivity index (χ2v) is 9.42. The largest absolute Gasteiger partial charge is 0.449 e. The van der Waals surface area contributed by atoms with Crippen LogP contribution in [-0.2, 0) is 22.4 Å². The van der Waals surface area contributed by atoms with Crippen LogP contribution >= 0.6 is 11.3 Å². The van der Waals surface area contributed by atoms with Gasteiger partial charge in [0.05, 0.1) is 31.1 Å². The zero-order chi connectivity index (χ0) is 20.6. The number of aromatic nitrogens is 1. The van der Waals surface area contributed by atoms with Crippen LogP contribution in [0.25, 0.3) is 0 Å². The Morgan fingerprint density at radius 1 is 1.34 bits per heavy atom. The van der Waals surface area contributed by atoms with Gasteiger partial charge in [-0.25, -0.2) is 9.78 Å². The molecule has 0 spiro atoms. The molecule has 29 heavy (non-hydrogen) atoms. The summed E-state index contributed by atoms with van der Waals surface area (Å²) in [4.78, 5) is 35.0. The maximum absolute atomic E-state index is 13.2. The number of likely N-dealkylation sites (N-methyl/N-ethyl adjacent to an activating group) is 1. The van der Waals surface area contributed by atoms with Gasteiger partial charge in [0, 0.05) is 43.5 Å². The van der Waals surface area contributed by atoms with Gasteiger partial charge in [0.25, 0.3) is 0 Å². The van der Waals surface area contributed by atoms with Gasteiger partial charge in [0.15, 0.2) is 5.01 Å². The van der Waals surface area contributed by atoms with E-state index in [0.29, 0.717) is 44.2 Å². The van der Waals surface area contributed by atoms with Gasteiger partial charge < -0.3 is 30.7 Å². The summed E-state index contributed by atoms with van der Waals surface area (Å²) < 4.78 is 10.7. The number of hydrogen-bond acceptors (Lipinski definition) is 9. The Bertz CT molecular complexity index is 781. The molecule has 160 valence electrons. The topological polar surface area (TPSA) is 124 Å². The Kier molecular flexibility index (Phi) is 5.90. The first-order chi connectivity index (χ1) is 13.9. The molecule has 9 nitrogen and oxygen atoms in total. The summed E-state index contributed by atoms with van der Waals surface area (Å²) in [6.07, 6.45) is 1.44. The lowest BCUT2D eigenvalue weighted by molar-refractivity contribution is 0.0229. The molecule has 0 radical (unpaired) electrons. The number of amides is 1. The first kappa shape index (κ1) is 20.7. The van der Waals surface area contributed by atoms with E-state index in [1.807, 2.05) is 0 Å². The summed E-state index contributed by atoms with van der Waals surface area (Å²) in [6, 6.07) is -0.481. The van der Waals surface area contributed by atoms with Gasteiger partial charge in [0.1, 0.15) is 0 Å². The maximum Gasteiger partial charge on any atom is 0.409 e. The van der Waals surface area contributed by atoms with Crippen LogP contribution in [0.15, 0.2) is 0 Å². The lowest BCUT2D eigenvalue weighted by atomic mass is 9.89. The average molecular weight is 424 g/mol. The second-order valence-electron chi connectivity index (χ2n) is 8.33. The van der Waals surface area contributed by atoms with Crippen LogP contribution in [0.1, 0.15) is 33.2 Å². The zero-order valence-corrected chi connectivity index (χ0v) is 17.6. The zero-order valence-electron chi connectivity index (χ0n) is 16.8. The lowest BCUT2D eigenvalue weighted by Gasteiger charge is -2.27. The predicted molar refractivity (Wildman–Crippen MR) is 108 cm³/mol. The minimum absolute atomic E-state index is 0.0374. The van der Waals surface area contributed by atoms with Gasteiger partial charge in [0.2, 0.25) is 5.78 Å². The van der Waals surface area contributed by atoms with Crippen molar-refractivity contribution in [3.63, 3.8) is 0 Å². The molecule has 1 aromatic rings. The average Bonchev–Trinajstić information content (AvgIpc) is 3.27. The highest BCUT2D eigenvalue weighted by Crippen LogP contribution is 2.36. The van der Waals surface area contributed by atoms with E-state index in [1.165, 1.54) is 11.3 Å². The fourth-order valence-electron chi connectivity index (χ4n) is 4.32. The lowest BCUT2D eigenvalue weighted by Crippen LogP contribution is -2.57. The summed E-state index contributed by atoms with van der Waals surface area (Å²) in [5, 5.41) is 0.453. The van der Waals surface area contributed by atoms with Gasteiger partial charge in [-0.1, -0.05) is 0 Å². The molecule has 3 aliphatic rings. The molecule has 1 aliphatic carbocycles. The van der Waals surface area contributed by atoms with Gasteiger partial charge >= 0.3 is 6.09 Å². The normalized spacial score (nSPS) is 30.2. The minimum atomic E-state index is -1.16. The van der Waals surface area contributed by atoms with Crippen molar-refractivity contribution in [1.82, 2.24) is 14.8 Å². The Balaban J connectivity index is 1.38. The Hall–Kier alpha value is -1.59. The molecule has 1 amide bonds. The summed E-state index contributed by atoms with van der Waals surface area (Å²) in [5.41, 5.74) is 12.6. The third kappa shape index (κ3) is 4.17. The van der Waals surface area contributed by atoms with Crippen molar-refractivity contribution in [2.45, 2.75) is 37.4 Å². The summed E-state index contributed by atoms with van der Waals surface area (Å²) in [5.74, 6) is -0.223. The highest BCUT2D eigenvalue weighted by Gasteiger charge is 2.49. The predicted octanol–water partition coefficient (Wildman–Crippen LogP) is 0.217. The van der Waals surface area contributed by atoms with E-state index in [2.05, 4.69) is 16.9 Å². The van der Waals surface area contributed by atoms with Crippen molar-refractivity contribution in [2.75, 3.05) is 46.5 Å². The quantitative estimate of drug-likeness (QED) is 0.659. The van der Waals surface area contributed by atoms with Crippen LogP contribution in [0, 0.1) is 5.92 Å². The number of nitrogens with two attached hydrogens (primary N) is 2. The third-order valence-corrected chi connectivity index (χ3v) is 7.21. The number of carbonyl (C=O) groups excluding carboxylic acids is 2. The molecule has 0 aromatic carbocycles. The van der Waals surface area contributed by atoms with E-state index in [1.54, 1.807) is 4.90 Å². The van der Waals surface area contributed by atoms with Crippen molar-refractivity contribution in [3.8, 4) is 0 Å². The van der Waals surface area contributed by atoms with Crippen molar-refractivity contribution < 1.29 is 19.1 Å². The Labute approximate surface area is 174 Å². The van der Waals surface area contributed by atoms with Gasteiger partial charge in [-0.05, 0) is 25.8 Å². The number of ketones is 1. The molecule has 4 rings (SSSR count). The second kappa shape index (κ2) is 8.27. The van der Waals surface area contributed by atoms with Gasteiger partial charge in [-0.2, -0.15) is 0 Å². The number of nitrogens with zero attached hydrogens (tertiary/aromatic N) is 3. The first-order valence-electron chi connectivity index (χ1n) is 10.1. The van der Waals surface area contributed by atoms with E-state index in [0.717, 1.165) is 30.1 Å². The number of thiazole rings is 1. The number of hydrogen-bond donors (Lipinski definition) is 2. The Morgan fingerprint density at radius 3 is 2.86 bits per heavy atom. The molecule has 1 saturated heterocycles. The fraction of sp³-hybridized carbons (Fsp3) is 0.737. The molecule has 1 saturated carbocycles. The van der Waals surface area contributed by atoms with Gasteiger partial charge in [-0.3, -0.25) is 4.79 Å². The molecule has 10 heteroatoms. The van der Waals surface area contributed by atoms with Crippen molar-refractivity contribution in [2.24, 2.45) is 17.4 Å². The summed E-state index contributed by atoms with van der Waals surface area (Å²) >= 11 is 1.43. The van der Waals surface area contributed by atoms with Crippen molar-refractivity contribution in [1.29, 1.82) is 0 Å². The maximum atomic E-state index is 13.2. The van der Waals surface area contributed by atoms with Gasteiger partial charge in [-0.15, -0.1) is 11.3 Å². The Morgan fingerprint density at radius 2 is 2.10 bits per heavy atom. The number of Topliss-reactive ketones (excluding diaryl/α,β-unsaturated/α-hetero) is 1. The van der Waals surface area contributed by atoms with Crippen LogP contribution in [0.3, 0.4) is 0 Å². The summed E-state index contributed by atoms with van der Waals surface area (Å²) in [6.45, 7) is 4.08. The van der Waals surface area contributed by atoms with E-state index in [9.17, 15) is 9.59 Å².